The summed E-state index contributed by atoms with van der Waals surface area (Å²) < 4.78 is 0. The standard InChI is InChI=1S/C17H23N5OS/c1-12-21-15(11-24-12)10-22(4)17(19-3)20-9-13-5-7-14(8-6-13)16(23)18-2/h5-8,11H,9-10H2,1-4H3,(H,18,23)(H,19,20). The van der Waals surface area contributed by atoms with E-state index in [4.69, 9.17) is 0 Å². The predicted molar refractivity (Wildman–Crippen MR) is 98.3 cm³/mol. The topological polar surface area (TPSA) is 69.6 Å². The highest BCUT2D eigenvalue weighted by Crippen LogP contribution is 2.10. The van der Waals surface area contributed by atoms with Crippen LogP contribution in [-0.2, 0) is 13.1 Å². The van der Waals surface area contributed by atoms with Gasteiger partial charge in [0.15, 0.2) is 5.96 Å². The lowest BCUT2D eigenvalue weighted by atomic mass is 10.1. The van der Waals surface area contributed by atoms with Crippen LogP contribution in [0, 0.1) is 6.92 Å². The van der Waals surface area contributed by atoms with Crippen LogP contribution in [0.3, 0.4) is 0 Å². The van der Waals surface area contributed by atoms with E-state index in [1.165, 1.54) is 0 Å². The molecule has 1 aromatic carbocycles. The molecule has 0 saturated heterocycles. The van der Waals surface area contributed by atoms with E-state index in [9.17, 15) is 4.79 Å². The van der Waals surface area contributed by atoms with Crippen LogP contribution in [0.25, 0.3) is 0 Å². The normalized spacial score (nSPS) is 11.2. The minimum absolute atomic E-state index is 0.0800. The maximum Gasteiger partial charge on any atom is 0.251 e. The average molecular weight is 345 g/mol. The predicted octanol–water partition coefficient (Wildman–Crippen LogP) is 2.02. The summed E-state index contributed by atoms with van der Waals surface area (Å²) in [6, 6.07) is 7.52. The third-order valence-electron chi connectivity index (χ3n) is 3.53. The lowest BCUT2D eigenvalue weighted by Gasteiger charge is -2.21. The first-order valence-corrected chi connectivity index (χ1v) is 8.55. The smallest absolute Gasteiger partial charge is 0.251 e. The van der Waals surface area contributed by atoms with Crippen molar-refractivity contribution < 1.29 is 4.79 Å². The van der Waals surface area contributed by atoms with E-state index in [2.05, 4.69) is 26.0 Å². The number of hydrogen-bond donors (Lipinski definition) is 2. The van der Waals surface area contributed by atoms with Gasteiger partial charge in [0, 0.05) is 38.6 Å². The molecule has 6 nitrogen and oxygen atoms in total. The molecule has 128 valence electrons. The first-order valence-electron chi connectivity index (χ1n) is 7.67. The van der Waals surface area contributed by atoms with Crippen molar-refractivity contribution in [3.63, 3.8) is 0 Å². The van der Waals surface area contributed by atoms with E-state index in [-0.39, 0.29) is 5.91 Å². The number of amides is 1. The lowest BCUT2D eigenvalue weighted by molar-refractivity contribution is 0.0963. The quantitative estimate of drug-likeness (QED) is 0.642. The van der Waals surface area contributed by atoms with Gasteiger partial charge in [-0.1, -0.05) is 12.1 Å². The van der Waals surface area contributed by atoms with Gasteiger partial charge in [-0.25, -0.2) is 4.98 Å². The molecule has 0 aliphatic carbocycles. The van der Waals surface area contributed by atoms with Crippen LogP contribution in [0.1, 0.15) is 26.6 Å². The Balaban J connectivity index is 1.92. The van der Waals surface area contributed by atoms with E-state index < -0.39 is 0 Å². The maximum absolute atomic E-state index is 11.5. The van der Waals surface area contributed by atoms with Gasteiger partial charge in [0.1, 0.15) is 0 Å². The molecule has 1 heterocycles. The third-order valence-corrected chi connectivity index (χ3v) is 4.36. The number of nitrogens with one attached hydrogen (secondary N) is 2. The van der Waals surface area contributed by atoms with Crippen LogP contribution < -0.4 is 10.6 Å². The largest absolute Gasteiger partial charge is 0.355 e. The molecule has 0 fully saturated rings. The zero-order valence-corrected chi connectivity index (χ0v) is 15.3. The summed E-state index contributed by atoms with van der Waals surface area (Å²) in [6.07, 6.45) is 0. The van der Waals surface area contributed by atoms with E-state index in [1.807, 2.05) is 43.1 Å². The van der Waals surface area contributed by atoms with E-state index in [0.29, 0.717) is 18.7 Å². The second kappa shape index (κ2) is 8.44. The Morgan fingerprint density at radius 1 is 1.33 bits per heavy atom. The number of carbonyl (C=O) groups excluding carboxylic acids is 1. The summed E-state index contributed by atoms with van der Waals surface area (Å²) in [4.78, 5) is 22.4. The number of thiazole rings is 1. The first kappa shape index (κ1) is 17.9. The molecule has 0 atom stereocenters. The number of aryl methyl sites for hydroxylation is 1. The van der Waals surface area contributed by atoms with Crippen molar-refractivity contribution in [2.24, 2.45) is 4.99 Å². The van der Waals surface area contributed by atoms with Crippen molar-refractivity contribution in [1.29, 1.82) is 0 Å². The molecule has 0 radical (unpaired) electrons. The van der Waals surface area contributed by atoms with Gasteiger partial charge in [0.25, 0.3) is 5.91 Å². The summed E-state index contributed by atoms with van der Waals surface area (Å²) in [5, 5.41) is 9.07. The number of rotatable bonds is 5. The number of nitrogens with zero attached hydrogens (tertiary/aromatic N) is 3. The molecule has 2 rings (SSSR count). The Morgan fingerprint density at radius 2 is 2.04 bits per heavy atom. The number of aliphatic imine (C=N–C) groups is 1. The van der Waals surface area contributed by atoms with Crippen molar-refractivity contribution in [2.75, 3.05) is 21.1 Å². The fraction of sp³-hybridized carbons (Fsp3) is 0.353. The second-order valence-corrected chi connectivity index (χ2v) is 6.45. The summed E-state index contributed by atoms with van der Waals surface area (Å²) in [5.74, 6) is 0.722. The Kier molecular flexibility index (Phi) is 6.31. The van der Waals surface area contributed by atoms with Crippen molar-refractivity contribution in [3.05, 3.63) is 51.5 Å². The summed E-state index contributed by atoms with van der Waals surface area (Å²) in [7, 11) is 5.37. The van der Waals surface area contributed by atoms with Crippen molar-refractivity contribution in [1.82, 2.24) is 20.5 Å². The van der Waals surface area contributed by atoms with Gasteiger partial charge in [-0.15, -0.1) is 11.3 Å². The fourth-order valence-electron chi connectivity index (χ4n) is 2.28. The summed E-state index contributed by atoms with van der Waals surface area (Å²) >= 11 is 1.65. The number of guanidine groups is 1. The van der Waals surface area contributed by atoms with Crippen molar-refractivity contribution in [2.45, 2.75) is 20.0 Å². The van der Waals surface area contributed by atoms with Gasteiger partial charge in [0.2, 0.25) is 0 Å². The van der Waals surface area contributed by atoms with Gasteiger partial charge in [-0.3, -0.25) is 9.79 Å². The van der Waals surface area contributed by atoms with Crippen molar-refractivity contribution >= 4 is 23.2 Å². The van der Waals surface area contributed by atoms with Crippen molar-refractivity contribution in [3.8, 4) is 0 Å². The van der Waals surface area contributed by atoms with Crippen LogP contribution in [0.4, 0.5) is 0 Å². The third kappa shape index (κ3) is 4.79. The van der Waals surface area contributed by atoms with Crippen LogP contribution in [0.5, 0.6) is 0 Å². The van der Waals surface area contributed by atoms with Gasteiger partial charge < -0.3 is 15.5 Å². The molecular formula is C17H23N5OS. The molecule has 0 aliphatic heterocycles. The number of hydrogen-bond acceptors (Lipinski definition) is 4. The molecule has 1 aromatic heterocycles. The van der Waals surface area contributed by atoms with E-state index >= 15 is 0 Å². The SMILES string of the molecule is CN=C(NCc1ccc(C(=O)NC)cc1)N(C)Cc1csc(C)n1. The monoisotopic (exact) mass is 345 g/mol. The highest BCUT2D eigenvalue weighted by atomic mass is 32.1. The Bertz CT molecular complexity index is 708. The van der Waals surface area contributed by atoms with E-state index in [0.717, 1.165) is 22.2 Å². The zero-order chi connectivity index (χ0) is 17.5. The van der Waals surface area contributed by atoms with Gasteiger partial charge in [-0.2, -0.15) is 0 Å². The van der Waals surface area contributed by atoms with Crippen LogP contribution in [0.2, 0.25) is 0 Å². The number of carbonyl (C=O) groups is 1. The molecule has 2 N–H and O–H groups in total. The van der Waals surface area contributed by atoms with Crippen LogP contribution >= 0.6 is 11.3 Å². The fourth-order valence-corrected chi connectivity index (χ4v) is 2.89. The van der Waals surface area contributed by atoms with Gasteiger partial charge >= 0.3 is 0 Å². The Hall–Kier alpha value is -2.41. The molecule has 0 aliphatic rings. The lowest BCUT2D eigenvalue weighted by Crippen LogP contribution is -2.38. The van der Waals surface area contributed by atoms with Crippen LogP contribution in [-0.4, -0.2) is 42.9 Å². The summed E-state index contributed by atoms with van der Waals surface area (Å²) in [6.45, 7) is 3.35. The zero-order valence-electron chi connectivity index (χ0n) is 14.5. The minimum Gasteiger partial charge on any atom is -0.355 e. The van der Waals surface area contributed by atoms with Crippen LogP contribution in [0.15, 0.2) is 34.6 Å². The van der Waals surface area contributed by atoms with Gasteiger partial charge in [-0.05, 0) is 24.6 Å². The Labute approximate surface area is 146 Å². The van der Waals surface area contributed by atoms with Gasteiger partial charge in [0.05, 0.1) is 17.2 Å². The molecule has 0 unspecified atom stereocenters. The first-order chi connectivity index (χ1) is 11.5. The molecule has 0 spiro atoms. The Morgan fingerprint density at radius 3 is 2.58 bits per heavy atom. The molecule has 0 bridgehead atoms. The number of benzene rings is 1. The molecule has 2 aromatic rings. The molecule has 24 heavy (non-hydrogen) atoms. The minimum atomic E-state index is -0.0800. The maximum atomic E-state index is 11.5. The highest BCUT2D eigenvalue weighted by Gasteiger charge is 2.09. The number of aromatic nitrogens is 1. The molecule has 0 saturated carbocycles. The molecule has 1 amide bonds. The summed E-state index contributed by atoms with van der Waals surface area (Å²) in [5.41, 5.74) is 2.78. The average Bonchev–Trinajstić information content (AvgIpc) is 3.00. The highest BCUT2D eigenvalue weighted by molar-refractivity contribution is 7.09. The molecule has 7 heteroatoms. The molecular weight excluding hydrogens is 322 g/mol. The second-order valence-electron chi connectivity index (χ2n) is 5.39. The van der Waals surface area contributed by atoms with E-state index in [1.54, 1.807) is 25.4 Å².